The molecule has 0 aromatic rings. The van der Waals surface area contributed by atoms with Crippen molar-refractivity contribution in [2.24, 2.45) is 0 Å². The standard InChI is InChI=1S/C9H22N2/c1-6-8(2)10-9(3)7-11(4)5/h8-10H,6-7H2,1-5H3. The highest BCUT2D eigenvalue weighted by Crippen LogP contribution is 1.92. The first kappa shape index (κ1) is 10.9. The van der Waals surface area contributed by atoms with Crippen LogP contribution in [0.4, 0.5) is 0 Å². The molecule has 68 valence electrons. The fraction of sp³-hybridized carbons (Fsp3) is 1.00. The molecule has 0 aliphatic carbocycles. The molecule has 0 saturated heterocycles. The van der Waals surface area contributed by atoms with Gasteiger partial charge in [0.05, 0.1) is 0 Å². The van der Waals surface area contributed by atoms with E-state index in [-0.39, 0.29) is 0 Å². The van der Waals surface area contributed by atoms with Gasteiger partial charge in [0, 0.05) is 18.6 Å². The monoisotopic (exact) mass is 158 g/mol. The van der Waals surface area contributed by atoms with E-state index in [1.165, 1.54) is 6.42 Å². The molecule has 0 spiro atoms. The van der Waals surface area contributed by atoms with Crippen LogP contribution in [-0.4, -0.2) is 37.6 Å². The number of rotatable bonds is 5. The van der Waals surface area contributed by atoms with Crippen LogP contribution in [0.25, 0.3) is 0 Å². The van der Waals surface area contributed by atoms with Crippen molar-refractivity contribution in [3.05, 3.63) is 0 Å². The first-order chi connectivity index (χ1) is 5.06. The van der Waals surface area contributed by atoms with Gasteiger partial charge < -0.3 is 10.2 Å². The molecule has 0 rings (SSSR count). The van der Waals surface area contributed by atoms with Crippen LogP contribution in [0.1, 0.15) is 27.2 Å². The van der Waals surface area contributed by atoms with Crippen LogP contribution in [0.3, 0.4) is 0 Å². The van der Waals surface area contributed by atoms with Crippen LogP contribution >= 0.6 is 0 Å². The third kappa shape index (κ3) is 6.32. The largest absolute Gasteiger partial charge is 0.311 e. The summed E-state index contributed by atoms with van der Waals surface area (Å²) in [5, 5.41) is 3.52. The number of hydrogen-bond donors (Lipinski definition) is 1. The zero-order chi connectivity index (χ0) is 8.85. The molecule has 0 aliphatic rings. The Bertz CT molecular complexity index is 91.6. The van der Waals surface area contributed by atoms with Crippen molar-refractivity contribution in [2.75, 3.05) is 20.6 Å². The summed E-state index contributed by atoms with van der Waals surface area (Å²) >= 11 is 0. The SMILES string of the molecule is CCC(C)NC(C)CN(C)C. The average Bonchev–Trinajstić information content (AvgIpc) is 1.85. The number of likely N-dealkylation sites (N-methyl/N-ethyl adjacent to an activating group) is 1. The van der Waals surface area contributed by atoms with Gasteiger partial charge in [0.1, 0.15) is 0 Å². The molecule has 0 aliphatic heterocycles. The van der Waals surface area contributed by atoms with Gasteiger partial charge in [-0.2, -0.15) is 0 Å². The Hall–Kier alpha value is -0.0800. The minimum atomic E-state index is 0.597. The molecule has 0 aromatic carbocycles. The number of hydrogen-bond acceptors (Lipinski definition) is 2. The predicted molar refractivity (Wildman–Crippen MR) is 50.9 cm³/mol. The molecule has 0 fully saturated rings. The maximum Gasteiger partial charge on any atom is 0.0168 e. The minimum absolute atomic E-state index is 0.597. The third-order valence-electron chi connectivity index (χ3n) is 1.82. The Kier molecular flexibility index (Phi) is 5.51. The molecular weight excluding hydrogens is 136 g/mol. The molecule has 0 bridgehead atoms. The molecule has 0 heterocycles. The zero-order valence-corrected chi connectivity index (χ0v) is 8.52. The van der Waals surface area contributed by atoms with Gasteiger partial charge in [0.15, 0.2) is 0 Å². The first-order valence-electron chi connectivity index (χ1n) is 4.47. The van der Waals surface area contributed by atoms with Crippen molar-refractivity contribution in [3.8, 4) is 0 Å². The van der Waals surface area contributed by atoms with Crippen molar-refractivity contribution < 1.29 is 0 Å². The zero-order valence-electron chi connectivity index (χ0n) is 8.52. The van der Waals surface area contributed by atoms with E-state index >= 15 is 0 Å². The van der Waals surface area contributed by atoms with Crippen LogP contribution in [0.2, 0.25) is 0 Å². The van der Waals surface area contributed by atoms with E-state index in [1.807, 2.05) is 0 Å². The lowest BCUT2D eigenvalue weighted by molar-refractivity contribution is 0.330. The van der Waals surface area contributed by atoms with Gasteiger partial charge in [-0.1, -0.05) is 6.92 Å². The van der Waals surface area contributed by atoms with Gasteiger partial charge in [0.25, 0.3) is 0 Å². The van der Waals surface area contributed by atoms with Crippen molar-refractivity contribution in [1.82, 2.24) is 10.2 Å². The lowest BCUT2D eigenvalue weighted by Crippen LogP contribution is -2.40. The maximum atomic E-state index is 3.52. The Morgan fingerprint density at radius 1 is 1.18 bits per heavy atom. The van der Waals surface area contributed by atoms with Crippen molar-refractivity contribution in [1.29, 1.82) is 0 Å². The summed E-state index contributed by atoms with van der Waals surface area (Å²) < 4.78 is 0. The lowest BCUT2D eigenvalue weighted by Gasteiger charge is -2.21. The summed E-state index contributed by atoms with van der Waals surface area (Å²) in [5.74, 6) is 0. The highest BCUT2D eigenvalue weighted by atomic mass is 15.1. The van der Waals surface area contributed by atoms with E-state index in [0.29, 0.717) is 12.1 Å². The van der Waals surface area contributed by atoms with Crippen molar-refractivity contribution in [2.45, 2.75) is 39.3 Å². The van der Waals surface area contributed by atoms with Crippen molar-refractivity contribution >= 4 is 0 Å². The predicted octanol–water partition coefficient (Wildman–Crippen LogP) is 1.32. The molecule has 1 N–H and O–H groups in total. The normalized spacial score (nSPS) is 16.9. The average molecular weight is 158 g/mol. The minimum Gasteiger partial charge on any atom is -0.311 e. The van der Waals surface area contributed by atoms with Gasteiger partial charge >= 0.3 is 0 Å². The molecule has 0 aromatic heterocycles. The van der Waals surface area contributed by atoms with E-state index in [2.05, 4.69) is 45.1 Å². The topological polar surface area (TPSA) is 15.3 Å². The molecule has 0 amide bonds. The number of nitrogens with zero attached hydrogens (tertiary/aromatic N) is 1. The number of nitrogens with one attached hydrogen (secondary N) is 1. The Morgan fingerprint density at radius 3 is 2.09 bits per heavy atom. The smallest absolute Gasteiger partial charge is 0.0168 e. The van der Waals surface area contributed by atoms with Crippen LogP contribution in [0.15, 0.2) is 0 Å². The molecule has 11 heavy (non-hydrogen) atoms. The maximum absolute atomic E-state index is 3.52. The fourth-order valence-electron chi connectivity index (χ4n) is 1.20. The molecule has 0 radical (unpaired) electrons. The fourth-order valence-corrected chi connectivity index (χ4v) is 1.20. The Morgan fingerprint density at radius 2 is 1.73 bits per heavy atom. The van der Waals surface area contributed by atoms with Gasteiger partial charge in [-0.15, -0.1) is 0 Å². The lowest BCUT2D eigenvalue weighted by atomic mass is 10.2. The van der Waals surface area contributed by atoms with Gasteiger partial charge in [-0.3, -0.25) is 0 Å². The highest BCUT2D eigenvalue weighted by Gasteiger charge is 2.05. The molecule has 2 atom stereocenters. The van der Waals surface area contributed by atoms with Crippen LogP contribution in [0, 0.1) is 0 Å². The second kappa shape index (κ2) is 5.56. The summed E-state index contributed by atoms with van der Waals surface area (Å²) in [6, 6.07) is 1.24. The molecule has 2 heteroatoms. The summed E-state index contributed by atoms with van der Waals surface area (Å²) in [6.45, 7) is 7.78. The summed E-state index contributed by atoms with van der Waals surface area (Å²) in [7, 11) is 4.21. The Balaban J connectivity index is 3.43. The third-order valence-corrected chi connectivity index (χ3v) is 1.82. The molecular formula is C9H22N2. The quantitative estimate of drug-likeness (QED) is 0.649. The van der Waals surface area contributed by atoms with Crippen LogP contribution in [-0.2, 0) is 0 Å². The van der Waals surface area contributed by atoms with E-state index in [0.717, 1.165) is 6.54 Å². The van der Waals surface area contributed by atoms with Crippen LogP contribution in [0.5, 0.6) is 0 Å². The summed E-state index contributed by atoms with van der Waals surface area (Å²) in [4.78, 5) is 2.21. The highest BCUT2D eigenvalue weighted by molar-refractivity contribution is 4.67. The van der Waals surface area contributed by atoms with Gasteiger partial charge in [-0.25, -0.2) is 0 Å². The summed E-state index contributed by atoms with van der Waals surface area (Å²) in [5.41, 5.74) is 0. The first-order valence-corrected chi connectivity index (χ1v) is 4.47. The van der Waals surface area contributed by atoms with Crippen molar-refractivity contribution in [3.63, 3.8) is 0 Å². The van der Waals surface area contributed by atoms with Gasteiger partial charge in [0.2, 0.25) is 0 Å². The Labute approximate surface area is 71.0 Å². The molecule has 2 nitrogen and oxygen atoms in total. The second-order valence-corrected chi connectivity index (χ2v) is 3.64. The van der Waals surface area contributed by atoms with E-state index in [4.69, 9.17) is 0 Å². The van der Waals surface area contributed by atoms with E-state index in [1.54, 1.807) is 0 Å². The molecule has 0 saturated carbocycles. The van der Waals surface area contributed by atoms with Crippen LogP contribution < -0.4 is 5.32 Å². The van der Waals surface area contributed by atoms with E-state index < -0.39 is 0 Å². The van der Waals surface area contributed by atoms with E-state index in [9.17, 15) is 0 Å². The summed E-state index contributed by atoms with van der Waals surface area (Å²) in [6.07, 6.45) is 1.21. The molecule has 2 unspecified atom stereocenters. The second-order valence-electron chi connectivity index (χ2n) is 3.64. The van der Waals surface area contributed by atoms with Gasteiger partial charge in [-0.05, 0) is 34.4 Å².